The van der Waals surface area contributed by atoms with Gasteiger partial charge in [-0.1, -0.05) is 11.6 Å². The average Bonchev–Trinajstić information content (AvgIpc) is 2.82. The maximum atomic E-state index is 11.0. The fourth-order valence-corrected chi connectivity index (χ4v) is 2.01. The number of anilines is 1. The fourth-order valence-electron chi connectivity index (χ4n) is 2.01. The van der Waals surface area contributed by atoms with Gasteiger partial charge in [0.1, 0.15) is 5.69 Å². The van der Waals surface area contributed by atoms with Crippen LogP contribution in [0.5, 0.6) is 0 Å². The Morgan fingerprint density at radius 2 is 2.41 bits per heavy atom. The second-order valence-corrected chi connectivity index (χ2v) is 4.23. The van der Waals surface area contributed by atoms with Crippen molar-refractivity contribution in [2.75, 3.05) is 11.9 Å². The summed E-state index contributed by atoms with van der Waals surface area (Å²) < 4.78 is 0. The maximum Gasteiger partial charge on any atom is 0.267 e. The van der Waals surface area contributed by atoms with Gasteiger partial charge in [0, 0.05) is 18.4 Å². The van der Waals surface area contributed by atoms with Crippen molar-refractivity contribution in [2.24, 2.45) is 5.73 Å². The number of carbonyl (C=O) groups excluding carboxylic acids is 1. The van der Waals surface area contributed by atoms with Crippen LogP contribution in [0, 0.1) is 0 Å². The number of rotatable bonds is 5. The minimum atomic E-state index is -0.493. The normalized spacial score (nSPS) is 14.5. The largest absolute Gasteiger partial charge is 0.385 e. The van der Waals surface area contributed by atoms with Crippen molar-refractivity contribution in [3.8, 4) is 0 Å². The standard InChI is InChI=1S/C13H17N3O/c14-13(17)12-9-11(6-8-16-12)15-7-5-10-3-1-2-4-10/h3,6,8-9H,1-2,4-5,7H2,(H2,14,17)(H,15,16). The summed E-state index contributed by atoms with van der Waals surface area (Å²) in [5.41, 5.74) is 7.90. The molecule has 1 amide bonds. The third kappa shape index (κ3) is 3.31. The third-order valence-corrected chi connectivity index (χ3v) is 2.92. The monoisotopic (exact) mass is 231 g/mol. The first kappa shape index (κ1) is 11.6. The molecule has 1 heterocycles. The van der Waals surface area contributed by atoms with Gasteiger partial charge in [-0.05, 0) is 37.8 Å². The predicted molar refractivity (Wildman–Crippen MR) is 67.8 cm³/mol. The lowest BCUT2D eigenvalue weighted by atomic mass is 10.1. The maximum absolute atomic E-state index is 11.0. The minimum absolute atomic E-state index is 0.301. The lowest BCUT2D eigenvalue weighted by Gasteiger charge is -2.07. The van der Waals surface area contributed by atoms with E-state index >= 15 is 0 Å². The Morgan fingerprint density at radius 3 is 3.12 bits per heavy atom. The molecule has 0 saturated carbocycles. The number of nitrogens with two attached hydrogens (primary N) is 1. The number of hydrogen-bond donors (Lipinski definition) is 2. The zero-order valence-corrected chi connectivity index (χ0v) is 9.78. The Kier molecular flexibility index (Phi) is 3.75. The Labute approximate surface area is 101 Å². The fraction of sp³-hybridized carbons (Fsp3) is 0.385. The summed E-state index contributed by atoms with van der Waals surface area (Å²) in [6.45, 7) is 0.883. The number of allylic oxidation sites excluding steroid dienone is 1. The highest BCUT2D eigenvalue weighted by Gasteiger charge is 2.05. The molecule has 0 spiro atoms. The van der Waals surface area contributed by atoms with E-state index in [0.717, 1.165) is 18.7 Å². The van der Waals surface area contributed by atoms with Crippen molar-refractivity contribution >= 4 is 11.6 Å². The number of nitrogens with one attached hydrogen (secondary N) is 1. The Hall–Kier alpha value is -1.84. The molecule has 0 fully saturated rings. The molecule has 90 valence electrons. The molecule has 0 unspecified atom stereocenters. The molecule has 0 radical (unpaired) electrons. The first-order valence-corrected chi connectivity index (χ1v) is 5.93. The molecule has 0 saturated heterocycles. The number of amides is 1. The van der Waals surface area contributed by atoms with E-state index in [2.05, 4.69) is 16.4 Å². The van der Waals surface area contributed by atoms with Crippen molar-refractivity contribution in [3.05, 3.63) is 35.7 Å². The zero-order chi connectivity index (χ0) is 12.1. The van der Waals surface area contributed by atoms with Gasteiger partial charge in [0.05, 0.1) is 0 Å². The van der Waals surface area contributed by atoms with E-state index in [1.165, 1.54) is 24.8 Å². The van der Waals surface area contributed by atoms with E-state index in [4.69, 9.17) is 5.73 Å². The zero-order valence-electron chi connectivity index (χ0n) is 9.78. The third-order valence-electron chi connectivity index (χ3n) is 2.92. The summed E-state index contributed by atoms with van der Waals surface area (Å²) in [7, 11) is 0. The number of carbonyl (C=O) groups is 1. The van der Waals surface area contributed by atoms with Crippen molar-refractivity contribution in [1.29, 1.82) is 0 Å². The van der Waals surface area contributed by atoms with Gasteiger partial charge in [-0.25, -0.2) is 0 Å². The molecule has 0 bridgehead atoms. The highest BCUT2D eigenvalue weighted by Crippen LogP contribution is 2.20. The Bertz CT molecular complexity index is 440. The molecule has 4 heteroatoms. The van der Waals surface area contributed by atoms with E-state index in [0.29, 0.717) is 5.69 Å². The van der Waals surface area contributed by atoms with Crippen molar-refractivity contribution in [2.45, 2.75) is 25.7 Å². The van der Waals surface area contributed by atoms with Gasteiger partial charge in [-0.3, -0.25) is 9.78 Å². The minimum Gasteiger partial charge on any atom is -0.385 e. The molecule has 4 nitrogen and oxygen atoms in total. The van der Waals surface area contributed by atoms with Gasteiger partial charge >= 0.3 is 0 Å². The highest BCUT2D eigenvalue weighted by molar-refractivity contribution is 5.91. The molecule has 0 aliphatic heterocycles. The number of aromatic nitrogens is 1. The van der Waals surface area contributed by atoms with Crippen LogP contribution in [0.3, 0.4) is 0 Å². The average molecular weight is 231 g/mol. The van der Waals surface area contributed by atoms with Crippen LogP contribution in [0.25, 0.3) is 0 Å². The van der Waals surface area contributed by atoms with Crippen LogP contribution in [-0.2, 0) is 0 Å². The quantitative estimate of drug-likeness (QED) is 0.762. The van der Waals surface area contributed by atoms with Crippen molar-refractivity contribution in [1.82, 2.24) is 4.98 Å². The topological polar surface area (TPSA) is 68.0 Å². The number of nitrogens with zero attached hydrogens (tertiary/aromatic N) is 1. The number of hydrogen-bond acceptors (Lipinski definition) is 3. The summed E-state index contributed by atoms with van der Waals surface area (Å²) in [5, 5.41) is 3.28. The molecule has 1 aromatic heterocycles. The van der Waals surface area contributed by atoms with Gasteiger partial charge in [0.15, 0.2) is 0 Å². The van der Waals surface area contributed by atoms with Crippen LogP contribution >= 0.6 is 0 Å². The molecule has 1 aromatic rings. The van der Waals surface area contributed by atoms with Crippen molar-refractivity contribution < 1.29 is 4.79 Å². The number of pyridine rings is 1. The van der Waals surface area contributed by atoms with Crippen molar-refractivity contribution in [3.63, 3.8) is 0 Å². The smallest absolute Gasteiger partial charge is 0.267 e. The molecular weight excluding hydrogens is 214 g/mol. The summed E-state index contributed by atoms with van der Waals surface area (Å²) in [5.74, 6) is -0.493. The van der Waals surface area contributed by atoms with E-state index in [9.17, 15) is 4.79 Å². The van der Waals surface area contributed by atoms with Crippen LogP contribution in [0.1, 0.15) is 36.2 Å². The lowest BCUT2D eigenvalue weighted by molar-refractivity contribution is 0.0995. The van der Waals surface area contributed by atoms with Crippen LogP contribution in [0.15, 0.2) is 30.0 Å². The SMILES string of the molecule is NC(=O)c1cc(NCCC2=CCCC2)ccn1. The molecular formula is C13H17N3O. The Balaban J connectivity index is 1.86. The summed E-state index contributed by atoms with van der Waals surface area (Å²) in [4.78, 5) is 14.9. The van der Waals surface area contributed by atoms with Crippen LogP contribution in [-0.4, -0.2) is 17.4 Å². The van der Waals surface area contributed by atoms with E-state index < -0.39 is 5.91 Å². The molecule has 17 heavy (non-hydrogen) atoms. The van der Waals surface area contributed by atoms with Crippen LogP contribution in [0.2, 0.25) is 0 Å². The first-order chi connectivity index (χ1) is 8.25. The van der Waals surface area contributed by atoms with Crippen LogP contribution < -0.4 is 11.1 Å². The molecule has 0 atom stereocenters. The predicted octanol–water partition coefficient (Wildman–Crippen LogP) is 2.09. The van der Waals surface area contributed by atoms with E-state index in [1.54, 1.807) is 12.3 Å². The Morgan fingerprint density at radius 1 is 1.53 bits per heavy atom. The number of primary amides is 1. The summed E-state index contributed by atoms with van der Waals surface area (Å²) in [6, 6.07) is 3.53. The second kappa shape index (κ2) is 5.48. The van der Waals surface area contributed by atoms with Gasteiger partial charge in [-0.2, -0.15) is 0 Å². The molecule has 3 N–H and O–H groups in total. The lowest BCUT2D eigenvalue weighted by Crippen LogP contribution is -2.13. The van der Waals surface area contributed by atoms with E-state index in [1.807, 2.05) is 6.07 Å². The molecule has 1 aliphatic rings. The molecule has 0 aromatic carbocycles. The first-order valence-electron chi connectivity index (χ1n) is 5.93. The van der Waals surface area contributed by atoms with Gasteiger partial charge in [-0.15, -0.1) is 0 Å². The van der Waals surface area contributed by atoms with Gasteiger partial charge < -0.3 is 11.1 Å². The highest BCUT2D eigenvalue weighted by atomic mass is 16.1. The molecule has 1 aliphatic carbocycles. The van der Waals surface area contributed by atoms with E-state index in [-0.39, 0.29) is 0 Å². The molecule has 2 rings (SSSR count). The second-order valence-electron chi connectivity index (χ2n) is 4.23. The van der Waals surface area contributed by atoms with Crippen LogP contribution in [0.4, 0.5) is 5.69 Å². The summed E-state index contributed by atoms with van der Waals surface area (Å²) in [6.07, 6.45) is 8.71. The summed E-state index contributed by atoms with van der Waals surface area (Å²) >= 11 is 0. The van der Waals surface area contributed by atoms with Gasteiger partial charge in [0.25, 0.3) is 5.91 Å². The van der Waals surface area contributed by atoms with Gasteiger partial charge in [0.2, 0.25) is 0 Å².